The summed E-state index contributed by atoms with van der Waals surface area (Å²) in [6.45, 7) is 6.03. The first-order chi connectivity index (χ1) is 5.83. The molecule has 1 N–H and O–H groups in total. The van der Waals surface area contributed by atoms with Gasteiger partial charge >= 0.3 is 72.3 Å². The third kappa shape index (κ3) is 42.4. The van der Waals surface area contributed by atoms with E-state index in [9.17, 15) is 0 Å². The molecular weight excluding hydrogens is 366 g/mol. The van der Waals surface area contributed by atoms with Crippen LogP contribution in [-0.4, -0.2) is 56.7 Å². The van der Waals surface area contributed by atoms with Gasteiger partial charge in [-0.3, -0.25) is 0 Å². The van der Waals surface area contributed by atoms with Crippen LogP contribution in [0.4, 0.5) is 0 Å². The maximum absolute atomic E-state index is 8.34. The predicted octanol–water partition coefficient (Wildman–Crippen LogP) is 1.20. The molecule has 0 aliphatic rings. The van der Waals surface area contributed by atoms with E-state index in [1.807, 2.05) is 0 Å². The van der Waals surface area contributed by atoms with Crippen LogP contribution in [0.1, 0.15) is 32.6 Å². The van der Waals surface area contributed by atoms with E-state index in [2.05, 4.69) is 13.8 Å². The fourth-order valence-electron chi connectivity index (χ4n) is 0.316. The molecule has 0 rings (SSSR count). The maximum atomic E-state index is 8.34. The van der Waals surface area contributed by atoms with E-state index in [0.29, 0.717) is 22.5 Å². The molecule has 0 aromatic rings. The Labute approximate surface area is 103 Å². The zero-order chi connectivity index (χ0) is 10.2. The van der Waals surface area contributed by atoms with Crippen molar-refractivity contribution >= 4 is 45.0 Å². The van der Waals surface area contributed by atoms with Crippen molar-refractivity contribution in [3.8, 4) is 0 Å². The average molecular weight is 385 g/mol. The van der Waals surface area contributed by atoms with Gasteiger partial charge in [-0.1, -0.05) is 13.3 Å². The summed E-state index contributed by atoms with van der Waals surface area (Å²) in [6, 6.07) is 0. The van der Waals surface area contributed by atoms with Crippen LogP contribution in [0.25, 0.3) is 0 Å². The summed E-state index contributed by atoms with van der Waals surface area (Å²) in [5.41, 5.74) is 0. The zero-order valence-electron chi connectivity index (χ0n) is 7.88. The van der Waals surface area contributed by atoms with Crippen molar-refractivity contribution in [2.75, 3.05) is 6.61 Å². The van der Waals surface area contributed by atoms with Crippen LogP contribution in [0, 0.1) is 6.92 Å². The van der Waals surface area contributed by atoms with E-state index in [1.165, 1.54) is 39.8 Å². The predicted molar refractivity (Wildman–Crippen MR) is 55.0 cm³/mol. The first-order valence-corrected chi connectivity index (χ1v) is 7.63. The fraction of sp³-hybridized carbons (Fsp3) is 0.875. The van der Waals surface area contributed by atoms with Gasteiger partial charge in [0.1, 0.15) is 0 Å². The van der Waals surface area contributed by atoms with Gasteiger partial charge in [-0.05, 0) is 6.42 Å². The minimum absolute atomic E-state index is 0.281. The van der Waals surface area contributed by atoms with Crippen LogP contribution < -0.4 is 0 Å². The molecule has 0 aliphatic carbocycles. The van der Waals surface area contributed by atoms with Crippen LogP contribution in [0.2, 0.25) is 4.44 Å². The summed E-state index contributed by atoms with van der Waals surface area (Å²) in [5.74, 6) is 0. The summed E-state index contributed by atoms with van der Waals surface area (Å²) in [7, 11) is 0. The topological polar surface area (TPSA) is 37.3 Å². The molecule has 71 valence electrons. The molecule has 0 saturated carbocycles. The molecule has 0 atom stereocenters. The van der Waals surface area contributed by atoms with Gasteiger partial charge in [-0.15, -0.1) is 0 Å². The van der Waals surface area contributed by atoms with Gasteiger partial charge < -0.3 is 5.11 Å². The molecule has 0 spiro atoms. The van der Waals surface area contributed by atoms with Crippen molar-refractivity contribution in [1.82, 2.24) is 0 Å². The zero-order valence-corrected chi connectivity index (χ0v) is 14.0. The van der Waals surface area contributed by atoms with Crippen LogP contribution in [0.15, 0.2) is 0 Å². The summed E-state index contributed by atoms with van der Waals surface area (Å²) in [5, 5.41) is 8.03. The second kappa shape index (κ2) is 29.4. The van der Waals surface area contributed by atoms with Crippen molar-refractivity contribution in [3.05, 3.63) is 6.92 Å². The van der Waals surface area contributed by atoms with E-state index < -0.39 is 0 Å². The van der Waals surface area contributed by atoms with E-state index in [4.69, 9.17) is 8.18 Å². The summed E-state index contributed by atoms with van der Waals surface area (Å²) >= 11 is 1.75. The third-order valence-electron chi connectivity index (χ3n) is 0.966. The van der Waals surface area contributed by atoms with Crippen LogP contribution >= 0.6 is 0 Å². The molecule has 0 unspecified atom stereocenters. The summed E-state index contributed by atoms with van der Waals surface area (Å²) < 4.78 is 9.81. The van der Waals surface area contributed by atoms with E-state index in [0.717, 1.165) is 12.8 Å². The summed E-state index contributed by atoms with van der Waals surface area (Å²) in [4.78, 5) is 0. The first kappa shape index (κ1) is 19.0. The van der Waals surface area contributed by atoms with Gasteiger partial charge in [0, 0.05) is 6.61 Å². The Morgan fingerprint density at radius 1 is 1.42 bits per heavy atom. The molecule has 0 aliphatic heterocycles. The molecule has 0 fully saturated rings. The molecule has 0 amide bonds. The Balaban J connectivity index is -0.000000112. The van der Waals surface area contributed by atoms with Crippen molar-refractivity contribution in [2.24, 2.45) is 0 Å². The molecule has 5 radical (unpaired) electrons. The van der Waals surface area contributed by atoms with Gasteiger partial charge in [0.2, 0.25) is 0 Å². The second-order valence-electron chi connectivity index (χ2n) is 2.07. The standard InChI is InChI=1S/C4H9O.C4H9.O.2Sn.H/c1-2-3-4-5;1-3-4-2;;;;/h5H,1-4H2;1,3-4H2,2H3;;;;. The molecule has 0 saturated heterocycles. The number of aliphatic hydroxyl groups excluding tert-OH is 1. The van der Waals surface area contributed by atoms with Crippen molar-refractivity contribution in [3.63, 3.8) is 0 Å². The Hall–Kier alpha value is 1.36. The number of aliphatic hydroxyl groups is 1. The van der Waals surface area contributed by atoms with Crippen molar-refractivity contribution in [1.29, 1.82) is 0 Å². The second-order valence-corrected chi connectivity index (χ2v) is 3.72. The monoisotopic (exact) mass is 387 g/mol. The Morgan fingerprint density at radius 2 is 1.92 bits per heavy atom. The number of rotatable bonds is 4. The minimum atomic E-state index is 0.281. The van der Waals surface area contributed by atoms with Gasteiger partial charge in [0.15, 0.2) is 0 Å². The van der Waals surface area contributed by atoms with E-state index in [1.54, 1.807) is 0 Å². The first-order valence-electron chi connectivity index (χ1n) is 4.14. The molecule has 0 heterocycles. The third-order valence-corrected chi connectivity index (χ3v) is 2.13. The van der Waals surface area contributed by atoms with Crippen LogP contribution in [0.3, 0.4) is 0 Å². The fourth-order valence-corrected chi connectivity index (χ4v) is 1.48. The molecular formula is C8H19O2Sn2. The van der Waals surface area contributed by atoms with Crippen molar-refractivity contribution in [2.45, 2.75) is 37.0 Å². The Kier molecular flexibility index (Phi) is 46.7. The van der Waals surface area contributed by atoms with E-state index in [-0.39, 0.29) is 6.61 Å². The normalized spacial score (nSPS) is 7.33. The molecule has 0 aromatic carbocycles. The van der Waals surface area contributed by atoms with Gasteiger partial charge in [0.25, 0.3) is 0 Å². The van der Waals surface area contributed by atoms with Crippen LogP contribution in [0.5, 0.6) is 0 Å². The van der Waals surface area contributed by atoms with Crippen molar-refractivity contribution < 1.29 is 8.18 Å². The number of hydrogen-bond donors (Lipinski definition) is 1. The van der Waals surface area contributed by atoms with Crippen LogP contribution in [-0.2, 0) is 3.08 Å². The molecule has 0 aromatic heterocycles. The number of hydrogen-bond acceptors (Lipinski definition) is 2. The Bertz CT molecular complexity index is 44.3. The quantitative estimate of drug-likeness (QED) is 0.740. The molecule has 4 heteroatoms. The molecule has 0 bridgehead atoms. The van der Waals surface area contributed by atoms with Gasteiger partial charge in [-0.25, -0.2) is 0 Å². The average Bonchev–Trinajstić information content (AvgIpc) is 2.12. The van der Waals surface area contributed by atoms with Gasteiger partial charge in [0.05, 0.1) is 0 Å². The Morgan fingerprint density at radius 3 is 1.92 bits per heavy atom. The molecule has 2 nitrogen and oxygen atoms in total. The number of unbranched alkanes of at least 4 members (excludes halogenated alkanes) is 2. The van der Waals surface area contributed by atoms with E-state index >= 15 is 0 Å². The summed E-state index contributed by atoms with van der Waals surface area (Å²) in [6.07, 6.45) is 4.50. The van der Waals surface area contributed by atoms with Gasteiger partial charge in [-0.2, -0.15) is 0 Å². The SMILES string of the molecule is CCC[CH2][SnH].[CH2]CCCO.[O]=[Sn]. The molecule has 12 heavy (non-hydrogen) atoms.